The number of aliphatic carboxylic acids is 1. The standard InChI is InChI=1S/C18H21NO3/c1-3-22-16-11-9-15(10-12-16)17(18(20)21)19(2)13-14-7-5-4-6-8-14/h4-12,17H,3,13H2,1-2H3,(H,20,21). The van der Waals surface area contributed by atoms with Crippen molar-refractivity contribution < 1.29 is 14.6 Å². The fourth-order valence-corrected chi connectivity index (χ4v) is 2.46. The second-order valence-corrected chi connectivity index (χ2v) is 5.14. The number of hydrogen-bond donors (Lipinski definition) is 1. The van der Waals surface area contributed by atoms with Crippen LogP contribution in [0.2, 0.25) is 0 Å². The van der Waals surface area contributed by atoms with Crippen LogP contribution in [-0.4, -0.2) is 29.6 Å². The molecule has 0 aliphatic heterocycles. The normalized spacial score (nSPS) is 12.1. The van der Waals surface area contributed by atoms with E-state index in [2.05, 4.69) is 0 Å². The molecule has 0 aliphatic carbocycles. The summed E-state index contributed by atoms with van der Waals surface area (Å²) in [6.45, 7) is 3.09. The fraction of sp³-hybridized carbons (Fsp3) is 0.278. The van der Waals surface area contributed by atoms with Crippen LogP contribution in [0, 0.1) is 0 Å². The van der Waals surface area contributed by atoms with Gasteiger partial charge in [0.15, 0.2) is 0 Å². The van der Waals surface area contributed by atoms with Gasteiger partial charge < -0.3 is 9.84 Å². The van der Waals surface area contributed by atoms with Crippen molar-refractivity contribution in [3.63, 3.8) is 0 Å². The van der Waals surface area contributed by atoms with Gasteiger partial charge in [0.25, 0.3) is 0 Å². The highest BCUT2D eigenvalue weighted by Crippen LogP contribution is 2.24. The molecular weight excluding hydrogens is 278 g/mol. The van der Waals surface area contributed by atoms with Crippen LogP contribution in [0.4, 0.5) is 0 Å². The van der Waals surface area contributed by atoms with Crippen LogP contribution >= 0.6 is 0 Å². The molecule has 0 spiro atoms. The Morgan fingerprint density at radius 1 is 1.14 bits per heavy atom. The Labute approximate surface area is 131 Å². The molecule has 1 N–H and O–H groups in total. The second-order valence-electron chi connectivity index (χ2n) is 5.14. The molecular formula is C18H21NO3. The van der Waals surface area contributed by atoms with E-state index < -0.39 is 12.0 Å². The molecule has 1 unspecified atom stereocenters. The van der Waals surface area contributed by atoms with Gasteiger partial charge in [-0.3, -0.25) is 9.69 Å². The molecule has 0 aliphatic rings. The lowest BCUT2D eigenvalue weighted by Crippen LogP contribution is -2.30. The lowest BCUT2D eigenvalue weighted by Gasteiger charge is -2.25. The summed E-state index contributed by atoms with van der Waals surface area (Å²) in [5.74, 6) is -0.108. The van der Waals surface area contributed by atoms with E-state index in [0.29, 0.717) is 13.2 Å². The van der Waals surface area contributed by atoms with Crippen LogP contribution in [0.15, 0.2) is 54.6 Å². The first-order valence-corrected chi connectivity index (χ1v) is 7.31. The third kappa shape index (κ3) is 4.09. The maximum absolute atomic E-state index is 11.7. The lowest BCUT2D eigenvalue weighted by molar-refractivity contribution is -0.143. The summed E-state index contributed by atoms with van der Waals surface area (Å²) < 4.78 is 5.40. The van der Waals surface area contributed by atoms with Crippen molar-refractivity contribution in [2.45, 2.75) is 19.5 Å². The summed E-state index contributed by atoms with van der Waals surface area (Å²) in [5.41, 5.74) is 1.83. The first-order chi connectivity index (χ1) is 10.6. The van der Waals surface area contributed by atoms with Crippen molar-refractivity contribution in [1.82, 2.24) is 4.90 Å². The van der Waals surface area contributed by atoms with Gasteiger partial charge in [-0.15, -0.1) is 0 Å². The van der Waals surface area contributed by atoms with E-state index in [1.54, 1.807) is 0 Å². The minimum absolute atomic E-state index is 0.574. The van der Waals surface area contributed by atoms with E-state index in [1.807, 2.05) is 73.5 Å². The molecule has 0 aromatic heterocycles. The second kappa shape index (κ2) is 7.61. The molecule has 4 nitrogen and oxygen atoms in total. The average Bonchev–Trinajstić information content (AvgIpc) is 2.50. The van der Waals surface area contributed by atoms with E-state index >= 15 is 0 Å². The molecule has 0 amide bonds. The zero-order valence-corrected chi connectivity index (χ0v) is 12.9. The zero-order valence-electron chi connectivity index (χ0n) is 12.9. The summed E-state index contributed by atoms with van der Waals surface area (Å²) in [4.78, 5) is 13.5. The Hall–Kier alpha value is -2.33. The summed E-state index contributed by atoms with van der Waals surface area (Å²) in [6.07, 6.45) is 0. The smallest absolute Gasteiger partial charge is 0.325 e. The molecule has 0 radical (unpaired) electrons. The molecule has 0 heterocycles. The van der Waals surface area contributed by atoms with Crippen molar-refractivity contribution in [3.05, 3.63) is 65.7 Å². The molecule has 2 rings (SSSR count). The molecule has 0 saturated carbocycles. The number of rotatable bonds is 7. The molecule has 0 saturated heterocycles. The number of carboxylic acids is 1. The van der Waals surface area contributed by atoms with E-state index in [0.717, 1.165) is 16.9 Å². The highest BCUT2D eigenvalue weighted by atomic mass is 16.5. The third-order valence-corrected chi connectivity index (χ3v) is 3.46. The Bertz CT molecular complexity index is 595. The van der Waals surface area contributed by atoms with Gasteiger partial charge in [0.2, 0.25) is 0 Å². The van der Waals surface area contributed by atoms with Gasteiger partial charge in [-0.2, -0.15) is 0 Å². The van der Waals surface area contributed by atoms with Crippen molar-refractivity contribution in [3.8, 4) is 5.75 Å². The third-order valence-electron chi connectivity index (χ3n) is 3.46. The SMILES string of the molecule is CCOc1ccc(C(C(=O)O)N(C)Cc2ccccc2)cc1. The number of ether oxygens (including phenoxy) is 1. The molecule has 4 heteroatoms. The van der Waals surface area contributed by atoms with Gasteiger partial charge in [-0.05, 0) is 37.2 Å². The fourth-order valence-electron chi connectivity index (χ4n) is 2.46. The Kier molecular flexibility index (Phi) is 5.55. The Morgan fingerprint density at radius 2 is 1.77 bits per heavy atom. The van der Waals surface area contributed by atoms with Gasteiger partial charge in [0.1, 0.15) is 11.8 Å². The number of hydrogen-bond acceptors (Lipinski definition) is 3. The van der Waals surface area contributed by atoms with Gasteiger partial charge in [0.05, 0.1) is 6.61 Å². The molecule has 2 aromatic rings. The van der Waals surface area contributed by atoms with Crippen molar-refractivity contribution in [2.24, 2.45) is 0 Å². The zero-order chi connectivity index (χ0) is 15.9. The van der Waals surface area contributed by atoms with Crippen LogP contribution in [-0.2, 0) is 11.3 Å². The van der Waals surface area contributed by atoms with E-state index in [-0.39, 0.29) is 0 Å². The summed E-state index contributed by atoms with van der Waals surface area (Å²) >= 11 is 0. The monoisotopic (exact) mass is 299 g/mol. The molecule has 1 atom stereocenters. The summed E-state index contributed by atoms with van der Waals surface area (Å²) in [6, 6.07) is 16.4. The minimum Gasteiger partial charge on any atom is -0.494 e. The average molecular weight is 299 g/mol. The summed E-state index contributed by atoms with van der Waals surface area (Å²) in [7, 11) is 1.82. The first-order valence-electron chi connectivity index (χ1n) is 7.31. The highest BCUT2D eigenvalue weighted by Gasteiger charge is 2.24. The first kappa shape index (κ1) is 16.0. The largest absolute Gasteiger partial charge is 0.494 e. The van der Waals surface area contributed by atoms with Gasteiger partial charge in [-0.25, -0.2) is 0 Å². The van der Waals surface area contributed by atoms with Crippen LogP contribution in [0.25, 0.3) is 0 Å². The lowest BCUT2D eigenvalue weighted by atomic mass is 10.0. The molecule has 0 fully saturated rings. The van der Waals surface area contributed by atoms with Crippen molar-refractivity contribution >= 4 is 5.97 Å². The van der Waals surface area contributed by atoms with E-state index in [4.69, 9.17) is 4.74 Å². The quantitative estimate of drug-likeness (QED) is 0.852. The number of carboxylic acid groups (broad SMARTS) is 1. The number of benzene rings is 2. The van der Waals surface area contributed by atoms with Crippen LogP contribution in [0.3, 0.4) is 0 Å². The molecule has 22 heavy (non-hydrogen) atoms. The van der Waals surface area contributed by atoms with E-state index in [9.17, 15) is 9.90 Å². The predicted molar refractivity (Wildman–Crippen MR) is 85.9 cm³/mol. The van der Waals surface area contributed by atoms with Gasteiger partial charge in [0, 0.05) is 6.54 Å². The molecule has 0 bridgehead atoms. The maximum Gasteiger partial charge on any atom is 0.325 e. The van der Waals surface area contributed by atoms with E-state index in [1.165, 1.54) is 0 Å². The minimum atomic E-state index is -0.859. The van der Waals surface area contributed by atoms with Crippen LogP contribution < -0.4 is 4.74 Å². The molecule has 116 valence electrons. The van der Waals surface area contributed by atoms with Crippen LogP contribution in [0.5, 0.6) is 5.75 Å². The number of likely N-dealkylation sites (N-methyl/N-ethyl adjacent to an activating group) is 1. The molecule has 2 aromatic carbocycles. The summed E-state index contributed by atoms with van der Waals surface area (Å²) in [5, 5.41) is 9.57. The van der Waals surface area contributed by atoms with Gasteiger partial charge in [-0.1, -0.05) is 42.5 Å². The maximum atomic E-state index is 11.7. The van der Waals surface area contributed by atoms with Gasteiger partial charge >= 0.3 is 5.97 Å². The Balaban J connectivity index is 2.16. The topological polar surface area (TPSA) is 49.8 Å². The van der Waals surface area contributed by atoms with Crippen LogP contribution in [0.1, 0.15) is 24.1 Å². The highest BCUT2D eigenvalue weighted by molar-refractivity contribution is 5.75. The number of nitrogens with zero attached hydrogens (tertiary/aromatic N) is 1. The number of carbonyl (C=O) groups is 1. The predicted octanol–water partition coefficient (Wildman–Crippen LogP) is 3.34. The van der Waals surface area contributed by atoms with Crippen molar-refractivity contribution in [2.75, 3.05) is 13.7 Å². The Morgan fingerprint density at radius 3 is 2.32 bits per heavy atom. The van der Waals surface area contributed by atoms with Crippen molar-refractivity contribution in [1.29, 1.82) is 0 Å².